The van der Waals surface area contributed by atoms with Gasteiger partial charge >= 0.3 is 0 Å². The molecular formula is C9H18. The van der Waals surface area contributed by atoms with E-state index in [0.29, 0.717) is 0 Å². The molecule has 54 valence electrons. The monoisotopic (exact) mass is 126 g/mol. The van der Waals surface area contributed by atoms with Gasteiger partial charge in [-0.15, -0.1) is 6.58 Å². The summed E-state index contributed by atoms with van der Waals surface area (Å²) in [7, 11) is 0. The van der Waals surface area contributed by atoms with Crippen LogP contribution < -0.4 is 0 Å². The van der Waals surface area contributed by atoms with Crippen molar-refractivity contribution in [2.75, 3.05) is 0 Å². The van der Waals surface area contributed by atoms with Crippen LogP contribution in [0.3, 0.4) is 0 Å². The molecule has 0 fully saturated rings. The summed E-state index contributed by atoms with van der Waals surface area (Å²) in [6.45, 7) is 9.80. The fraction of sp³-hybridized carbons (Fsp3) is 0.556. The topological polar surface area (TPSA) is 0 Å². The van der Waals surface area contributed by atoms with Gasteiger partial charge in [0.05, 0.1) is 0 Å². The Morgan fingerprint density at radius 1 is 1.33 bits per heavy atom. The van der Waals surface area contributed by atoms with E-state index in [4.69, 9.17) is 0 Å². The molecule has 0 nitrogen and oxygen atoms in total. The van der Waals surface area contributed by atoms with E-state index in [1.807, 2.05) is 19.1 Å². The third kappa shape index (κ3) is 36.5. The predicted octanol–water partition coefficient (Wildman–Crippen LogP) is 3.55. The Bertz CT molecular complexity index is 60.4. The number of allylic oxidation sites excluding steroid dienone is 3. The molecule has 9 heavy (non-hydrogen) atoms. The fourth-order valence-electron chi connectivity index (χ4n) is 0.232. The molecule has 0 unspecified atom stereocenters. The van der Waals surface area contributed by atoms with Crippen molar-refractivity contribution in [1.82, 2.24) is 0 Å². The smallest absolute Gasteiger partial charge is 0.0172 e. The second-order valence-electron chi connectivity index (χ2n) is 1.80. The summed E-state index contributed by atoms with van der Waals surface area (Å²) in [6.07, 6.45) is 8.20. The van der Waals surface area contributed by atoms with Gasteiger partial charge in [-0.1, -0.05) is 38.5 Å². The van der Waals surface area contributed by atoms with Gasteiger partial charge in [0.2, 0.25) is 0 Å². The second kappa shape index (κ2) is 15.6. The van der Waals surface area contributed by atoms with Crippen molar-refractivity contribution >= 4 is 0 Å². The summed E-state index contributed by atoms with van der Waals surface area (Å²) in [5, 5.41) is 0. The van der Waals surface area contributed by atoms with Crippen LogP contribution in [0.5, 0.6) is 0 Å². The minimum absolute atomic E-state index is 0.997. The molecule has 0 spiro atoms. The van der Waals surface area contributed by atoms with Crippen LogP contribution in [0.25, 0.3) is 0 Å². The molecule has 0 amide bonds. The molecule has 0 aliphatic rings. The van der Waals surface area contributed by atoms with Gasteiger partial charge in [0.15, 0.2) is 0 Å². The van der Waals surface area contributed by atoms with Gasteiger partial charge in [-0.05, 0) is 13.3 Å². The standard InChI is InChI=1S/C6H10.C3H8/c1-3-5-6-4-2;1-3-2/h3-4,6H,1,5H2,2H3;3H2,1-2H3/b6-4-;. The quantitative estimate of drug-likeness (QED) is 0.496. The molecule has 0 heterocycles. The van der Waals surface area contributed by atoms with E-state index in [-0.39, 0.29) is 0 Å². The van der Waals surface area contributed by atoms with Crippen molar-refractivity contribution in [2.24, 2.45) is 0 Å². The molecule has 0 aliphatic heterocycles. The molecule has 0 rings (SSSR count). The van der Waals surface area contributed by atoms with Crippen molar-refractivity contribution in [1.29, 1.82) is 0 Å². The Balaban J connectivity index is 0. The van der Waals surface area contributed by atoms with Crippen molar-refractivity contribution in [3.05, 3.63) is 24.8 Å². The molecule has 0 radical (unpaired) electrons. The maximum absolute atomic E-state index is 3.55. The molecule has 0 bridgehead atoms. The van der Waals surface area contributed by atoms with Crippen LogP contribution in [0.1, 0.15) is 33.6 Å². The van der Waals surface area contributed by atoms with E-state index in [1.165, 1.54) is 6.42 Å². The summed E-state index contributed by atoms with van der Waals surface area (Å²) >= 11 is 0. The molecule has 0 saturated heterocycles. The zero-order valence-electron chi connectivity index (χ0n) is 6.85. The average Bonchev–Trinajstić information content (AvgIpc) is 1.86. The minimum Gasteiger partial charge on any atom is -0.103 e. The van der Waals surface area contributed by atoms with Crippen LogP contribution in [-0.2, 0) is 0 Å². The lowest BCUT2D eigenvalue weighted by Gasteiger charge is -1.69. The molecule has 0 atom stereocenters. The lowest BCUT2D eigenvalue weighted by molar-refractivity contribution is 1.09. The van der Waals surface area contributed by atoms with E-state index >= 15 is 0 Å². The van der Waals surface area contributed by atoms with Gasteiger partial charge in [-0.3, -0.25) is 0 Å². The lowest BCUT2D eigenvalue weighted by Crippen LogP contribution is -1.48. The highest BCUT2D eigenvalue weighted by Gasteiger charge is 1.57. The fourth-order valence-corrected chi connectivity index (χ4v) is 0.232. The van der Waals surface area contributed by atoms with E-state index in [9.17, 15) is 0 Å². The zero-order valence-corrected chi connectivity index (χ0v) is 6.85. The molecule has 0 aromatic heterocycles. The van der Waals surface area contributed by atoms with Crippen LogP contribution >= 0.6 is 0 Å². The Labute approximate surface area is 59.3 Å². The summed E-state index contributed by atoms with van der Waals surface area (Å²) in [6, 6.07) is 0. The van der Waals surface area contributed by atoms with Crippen molar-refractivity contribution in [3.63, 3.8) is 0 Å². The first-order chi connectivity index (χ1) is 4.33. The van der Waals surface area contributed by atoms with Crippen LogP contribution in [-0.4, -0.2) is 0 Å². The third-order valence-corrected chi connectivity index (χ3v) is 0.538. The first kappa shape index (κ1) is 11.3. The maximum atomic E-state index is 3.55. The van der Waals surface area contributed by atoms with E-state index in [0.717, 1.165) is 6.42 Å². The Hall–Kier alpha value is -0.520. The minimum atomic E-state index is 0.997. The largest absolute Gasteiger partial charge is 0.103 e. The normalized spacial score (nSPS) is 8.33. The third-order valence-electron chi connectivity index (χ3n) is 0.538. The highest BCUT2D eigenvalue weighted by atomic mass is 13.6. The first-order valence-electron chi connectivity index (χ1n) is 3.55. The molecule has 0 aromatic carbocycles. The SMILES string of the molecule is C=CC/C=C\C.CCC. The number of hydrogen-bond acceptors (Lipinski definition) is 0. The van der Waals surface area contributed by atoms with Crippen LogP contribution in [0.2, 0.25) is 0 Å². The first-order valence-corrected chi connectivity index (χ1v) is 3.55. The average molecular weight is 126 g/mol. The van der Waals surface area contributed by atoms with E-state index in [2.05, 4.69) is 26.5 Å². The summed E-state index contributed by atoms with van der Waals surface area (Å²) in [5.74, 6) is 0. The summed E-state index contributed by atoms with van der Waals surface area (Å²) in [4.78, 5) is 0. The second-order valence-corrected chi connectivity index (χ2v) is 1.80. The van der Waals surface area contributed by atoms with Crippen LogP contribution in [0.15, 0.2) is 24.8 Å². The van der Waals surface area contributed by atoms with Gasteiger partial charge in [-0.25, -0.2) is 0 Å². The molecule has 0 aliphatic carbocycles. The van der Waals surface area contributed by atoms with Crippen molar-refractivity contribution in [2.45, 2.75) is 33.6 Å². The summed E-state index contributed by atoms with van der Waals surface area (Å²) < 4.78 is 0. The summed E-state index contributed by atoms with van der Waals surface area (Å²) in [5.41, 5.74) is 0. The van der Waals surface area contributed by atoms with Gasteiger partial charge in [0.25, 0.3) is 0 Å². The molecule has 0 aromatic rings. The van der Waals surface area contributed by atoms with Gasteiger partial charge in [0, 0.05) is 0 Å². The Kier molecular flexibility index (Phi) is 19.6. The number of hydrogen-bond donors (Lipinski definition) is 0. The van der Waals surface area contributed by atoms with Gasteiger partial charge in [-0.2, -0.15) is 0 Å². The number of rotatable bonds is 2. The van der Waals surface area contributed by atoms with Crippen LogP contribution in [0, 0.1) is 0 Å². The molecule has 0 N–H and O–H groups in total. The molecule has 0 saturated carbocycles. The zero-order chi connectivity index (χ0) is 7.54. The van der Waals surface area contributed by atoms with Gasteiger partial charge < -0.3 is 0 Å². The van der Waals surface area contributed by atoms with Crippen molar-refractivity contribution in [3.8, 4) is 0 Å². The predicted molar refractivity (Wildman–Crippen MR) is 45.6 cm³/mol. The molecular weight excluding hydrogens is 108 g/mol. The Morgan fingerprint density at radius 2 is 1.78 bits per heavy atom. The Morgan fingerprint density at radius 3 is 1.89 bits per heavy atom. The van der Waals surface area contributed by atoms with Crippen LogP contribution in [0.4, 0.5) is 0 Å². The molecule has 0 heteroatoms. The lowest BCUT2D eigenvalue weighted by atomic mass is 10.4. The highest BCUT2D eigenvalue weighted by molar-refractivity contribution is 4.85. The highest BCUT2D eigenvalue weighted by Crippen LogP contribution is 1.78. The van der Waals surface area contributed by atoms with Crippen molar-refractivity contribution < 1.29 is 0 Å². The maximum Gasteiger partial charge on any atom is -0.0172 e. The van der Waals surface area contributed by atoms with E-state index in [1.54, 1.807) is 0 Å². The van der Waals surface area contributed by atoms with E-state index < -0.39 is 0 Å². The van der Waals surface area contributed by atoms with Gasteiger partial charge in [0.1, 0.15) is 0 Å².